The Morgan fingerprint density at radius 2 is 2.08 bits per heavy atom. The SMILES string of the molecule is CCc1cc(=O)oc2cc(OC(C)C(=O)N(CC)C3CC3)ccc12. The van der Waals surface area contributed by atoms with Crippen LogP contribution in [0.3, 0.4) is 0 Å². The minimum absolute atomic E-state index is 0.00357. The molecule has 0 saturated heterocycles. The van der Waals surface area contributed by atoms with Crippen LogP contribution < -0.4 is 10.4 Å². The van der Waals surface area contributed by atoms with Gasteiger partial charge in [0, 0.05) is 30.1 Å². The molecule has 5 nitrogen and oxygen atoms in total. The molecule has 1 aliphatic rings. The van der Waals surface area contributed by atoms with Crippen LogP contribution in [0.4, 0.5) is 0 Å². The number of fused-ring (bicyclic) bond motifs is 1. The zero-order valence-electron chi connectivity index (χ0n) is 14.4. The van der Waals surface area contributed by atoms with Gasteiger partial charge in [0.25, 0.3) is 5.91 Å². The molecule has 128 valence electrons. The topological polar surface area (TPSA) is 59.8 Å². The Morgan fingerprint density at radius 1 is 1.33 bits per heavy atom. The summed E-state index contributed by atoms with van der Waals surface area (Å²) < 4.78 is 11.1. The van der Waals surface area contributed by atoms with Crippen LogP contribution in [-0.2, 0) is 11.2 Å². The molecule has 1 aromatic heterocycles. The molecule has 1 atom stereocenters. The molecule has 24 heavy (non-hydrogen) atoms. The number of benzene rings is 1. The monoisotopic (exact) mass is 329 g/mol. The Kier molecular flexibility index (Phi) is 4.60. The summed E-state index contributed by atoms with van der Waals surface area (Å²) in [5.41, 5.74) is 1.07. The van der Waals surface area contributed by atoms with Crippen molar-refractivity contribution in [1.82, 2.24) is 4.90 Å². The van der Waals surface area contributed by atoms with Gasteiger partial charge in [0.05, 0.1) is 0 Å². The first-order valence-electron chi connectivity index (χ1n) is 8.57. The molecule has 1 amide bonds. The molecule has 0 aliphatic heterocycles. The van der Waals surface area contributed by atoms with Gasteiger partial charge in [-0.2, -0.15) is 0 Å². The summed E-state index contributed by atoms with van der Waals surface area (Å²) in [6, 6.07) is 7.27. The lowest BCUT2D eigenvalue weighted by Gasteiger charge is -2.24. The van der Waals surface area contributed by atoms with E-state index in [2.05, 4.69) is 0 Å². The van der Waals surface area contributed by atoms with Crippen LogP contribution in [0.25, 0.3) is 11.0 Å². The molecule has 1 unspecified atom stereocenters. The number of hydrogen-bond acceptors (Lipinski definition) is 4. The maximum absolute atomic E-state index is 12.5. The minimum atomic E-state index is -0.566. The number of carbonyl (C=O) groups is 1. The molecular weight excluding hydrogens is 306 g/mol. The van der Waals surface area contributed by atoms with Gasteiger partial charge in [-0.05, 0) is 50.8 Å². The van der Waals surface area contributed by atoms with Crippen molar-refractivity contribution in [3.63, 3.8) is 0 Å². The Balaban J connectivity index is 1.82. The number of carbonyl (C=O) groups excluding carboxylic acids is 1. The van der Waals surface area contributed by atoms with Gasteiger partial charge in [-0.3, -0.25) is 4.79 Å². The maximum atomic E-state index is 12.5. The zero-order chi connectivity index (χ0) is 17.3. The van der Waals surface area contributed by atoms with E-state index < -0.39 is 6.10 Å². The number of ether oxygens (including phenoxy) is 1. The quantitative estimate of drug-likeness (QED) is 0.764. The van der Waals surface area contributed by atoms with E-state index in [0.717, 1.165) is 30.2 Å². The highest BCUT2D eigenvalue weighted by Crippen LogP contribution is 2.28. The summed E-state index contributed by atoms with van der Waals surface area (Å²) in [6.07, 6.45) is 2.34. The molecule has 3 rings (SSSR count). The van der Waals surface area contributed by atoms with Crippen LogP contribution in [0.2, 0.25) is 0 Å². The van der Waals surface area contributed by atoms with Crippen LogP contribution in [0.5, 0.6) is 5.75 Å². The molecule has 0 bridgehead atoms. The average molecular weight is 329 g/mol. The van der Waals surface area contributed by atoms with Crippen molar-refractivity contribution in [3.05, 3.63) is 40.2 Å². The summed E-state index contributed by atoms with van der Waals surface area (Å²) in [7, 11) is 0. The van der Waals surface area contributed by atoms with E-state index in [0.29, 0.717) is 23.9 Å². The molecule has 0 N–H and O–H groups in total. The van der Waals surface area contributed by atoms with Gasteiger partial charge in [-0.15, -0.1) is 0 Å². The van der Waals surface area contributed by atoms with Gasteiger partial charge >= 0.3 is 5.63 Å². The lowest BCUT2D eigenvalue weighted by molar-refractivity contribution is -0.138. The number of nitrogens with zero attached hydrogens (tertiary/aromatic N) is 1. The highest BCUT2D eigenvalue weighted by atomic mass is 16.5. The van der Waals surface area contributed by atoms with Crippen molar-refractivity contribution in [1.29, 1.82) is 0 Å². The van der Waals surface area contributed by atoms with Crippen LogP contribution in [-0.4, -0.2) is 29.5 Å². The molecule has 1 aromatic carbocycles. The van der Waals surface area contributed by atoms with Gasteiger partial charge < -0.3 is 14.1 Å². The average Bonchev–Trinajstić information content (AvgIpc) is 3.39. The molecule has 1 fully saturated rings. The summed E-state index contributed by atoms with van der Waals surface area (Å²) in [6.45, 7) is 6.44. The minimum Gasteiger partial charge on any atom is -0.481 e. The van der Waals surface area contributed by atoms with E-state index in [9.17, 15) is 9.59 Å². The first kappa shape index (κ1) is 16.6. The second-order valence-electron chi connectivity index (χ2n) is 6.22. The van der Waals surface area contributed by atoms with Gasteiger partial charge in [0.1, 0.15) is 11.3 Å². The first-order chi connectivity index (χ1) is 11.5. The summed E-state index contributed by atoms with van der Waals surface area (Å²) in [5.74, 6) is 0.537. The number of hydrogen-bond donors (Lipinski definition) is 0. The number of aryl methyl sites for hydroxylation is 1. The molecule has 0 radical (unpaired) electrons. The maximum Gasteiger partial charge on any atom is 0.336 e. The van der Waals surface area contributed by atoms with Crippen LogP contribution >= 0.6 is 0 Å². The lowest BCUT2D eigenvalue weighted by Crippen LogP contribution is -2.41. The third-order valence-corrected chi connectivity index (χ3v) is 4.45. The van der Waals surface area contributed by atoms with Gasteiger partial charge in [-0.25, -0.2) is 4.79 Å². The van der Waals surface area contributed by atoms with E-state index >= 15 is 0 Å². The molecule has 2 aromatic rings. The normalized spacial score (nSPS) is 15.3. The van der Waals surface area contributed by atoms with Gasteiger partial charge in [-0.1, -0.05) is 6.92 Å². The summed E-state index contributed by atoms with van der Waals surface area (Å²) >= 11 is 0. The fraction of sp³-hybridized carbons (Fsp3) is 0.474. The highest BCUT2D eigenvalue weighted by Gasteiger charge is 2.34. The molecule has 1 aliphatic carbocycles. The lowest BCUT2D eigenvalue weighted by atomic mass is 10.1. The third kappa shape index (κ3) is 3.30. The Morgan fingerprint density at radius 3 is 2.71 bits per heavy atom. The second kappa shape index (κ2) is 6.67. The van der Waals surface area contributed by atoms with E-state index in [-0.39, 0.29) is 11.5 Å². The fourth-order valence-electron chi connectivity index (χ4n) is 3.04. The van der Waals surface area contributed by atoms with E-state index in [1.54, 1.807) is 13.0 Å². The van der Waals surface area contributed by atoms with Crippen molar-refractivity contribution < 1.29 is 13.9 Å². The fourth-order valence-corrected chi connectivity index (χ4v) is 3.04. The molecule has 5 heteroatoms. The Bertz CT molecular complexity index is 807. The Hall–Kier alpha value is -2.30. The van der Waals surface area contributed by atoms with Gasteiger partial charge in [0.2, 0.25) is 0 Å². The second-order valence-corrected chi connectivity index (χ2v) is 6.22. The number of amides is 1. The van der Waals surface area contributed by atoms with Crippen molar-refractivity contribution >= 4 is 16.9 Å². The van der Waals surface area contributed by atoms with E-state index in [1.165, 1.54) is 6.07 Å². The van der Waals surface area contributed by atoms with Crippen LogP contribution in [0, 0.1) is 0 Å². The van der Waals surface area contributed by atoms with Crippen molar-refractivity contribution in [3.8, 4) is 5.75 Å². The van der Waals surface area contributed by atoms with E-state index in [1.807, 2.05) is 30.9 Å². The molecule has 0 spiro atoms. The highest BCUT2D eigenvalue weighted by molar-refractivity contribution is 5.83. The molecule has 1 heterocycles. The zero-order valence-corrected chi connectivity index (χ0v) is 14.4. The van der Waals surface area contributed by atoms with Crippen molar-refractivity contribution in [2.75, 3.05) is 6.54 Å². The predicted molar refractivity (Wildman–Crippen MR) is 92.4 cm³/mol. The predicted octanol–water partition coefficient (Wildman–Crippen LogP) is 3.13. The standard InChI is InChI=1S/C19H23NO4/c1-4-13-10-18(21)24-17-11-15(8-9-16(13)17)23-12(3)19(22)20(5-2)14-6-7-14/h8-12,14H,4-7H2,1-3H3. The van der Waals surface area contributed by atoms with E-state index in [4.69, 9.17) is 9.15 Å². The Labute approximate surface area is 141 Å². The first-order valence-corrected chi connectivity index (χ1v) is 8.57. The van der Waals surface area contributed by atoms with Crippen molar-refractivity contribution in [2.45, 2.75) is 52.2 Å². The summed E-state index contributed by atoms with van der Waals surface area (Å²) in [5, 5.41) is 0.900. The third-order valence-electron chi connectivity index (χ3n) is 4.45. The van der Waals surface area contributed by atoms with Crippen molar-refractivity contribution in [2.24, 2.45) is 0 Å². The van der Waals surface area contributed by atoms with Crippen LogP contribution in [0.15, 0.2) is 33.5 Å². The van der Waals surface area contributed by atoms with Gasteiger partial charge in [0.15, 0.2) is 6.10 Å². The molecular formula is C19H23NO4. The largest absolute Gasteiger partial charge is 0.481 e. The van der Waals surface area contributed by atoms with Crippen LogP contribution in [0.1, 0.15) is 39.2 Å². The molecule has 1 saturated carbocycles. The number of likely N-dealkylation sites (N-methyl/N-ethyl adjacent to an activating group) is 1. The summed E-state index contributed by atoms with van der Waals surface area (Å²) in [4.78, 5) is 26.0. The number of rotatable bonds is 6. The smallest absolute Gasteiger partial charge is 0.336 e.